The molecule has 1 aliphatic heterocycles. The summed E-state index contributed by atoms with van der Waals surface area (Å²) in [6.45, 7) is 4.74. The van der Waals surface area contributed by atoms with Crippen LogP contribution in [0.4, 0.5) is 0 Å². The first-order chi connectivity index (χ1) is 12.5. The summed E-state index contributed by atoms with van der Waals surface area (Å²) in [6.07, 6.45) is 6.16. The molecule has 1 aliphatic rings. The van der Waals surface area contributed by atoms with E-state index in [0.717, 1.165) is 6.42 Å². The molecule has 0 saturated heterocycles. The van der Waals surface area contributed by atoms with E-state index in [0.29, 0.717) is 22.9 Å². The van der Waals surface area contributed by atoms with Crippen LogP contribution in [0.15, 0.2) is 48.8 Å². The van der Waals surface area contributed by atoms with Gasteiger partial charge in [-0.1, -0.05) is 47.5 Å². The number of benzene rings is 1. The molecule has 0 radical (unpaired) electrons. The Morgan fingerprint density at radius 3 is 2.92 bits per heavy atom. The van der Waals surface area contributed by atoms with Crippen molar-refractivity contribution in [3.05, 3.63) is 70.6 Å². The lowest BCUT2D eigenvalue weighted by Gasteiger charge is -2.32. The van der Waals surface area contributed by atoms with Gasteiger partial charge in [-0.3, -0.25) is 4.79 Å². The lowest BCUT2D eigenvalue weighted by atomic mass is 9.94. The molecule has 1 aromatic carbocycles. The van der Waals surface area contributed by atoms with Gasteiger partial charge in [0.15, 0.2) is 11.3 Å². The summed E-state index contributed by atoms with van der Waals surface area (Å²) >= 11 is 5.94. The Morgan fingerprint density at radius 1 is 1.31 bits per heavy atom. The van der Waals surface area contributed by atoms with E-state index in [1.165, 1.54) is 21.2 Å². The van der Waals surface area contributed by atoms with Crippen molar-refractivity contribution in [2.75, 3.05) is 6.54 Å². The van der Waals surface area contributed by atoms with Crippen molar-refractivity contribution in [2.45, 2.75) is 26.3 Å². The standard InChI is InChI=1S/C20H19ClN4O/c1-13-4-3-5-15(8-13)16-6-7-24(14(2)9-16)20(26)18-10-19-22-11-17(21)12-25(19)23-18/h3-6,8,10-12,14H,7,9H2,1-2H3. The summed E-state index contributed by atoms with van der Waals surface area (Å²) in [6, 6.07) is 10.3. The average Bonchev–Trinajstić information content (AvgIpc) is 3.04. The van der Waals surface area contributed by atoms with Crippen molar-refractivity contribution < 1.29 is 4.79 Å². The highest BCUT2D eigenvalue weighted by Crippen LogP contribution is 2.27. The van der Waals surface area contributed by atoms with Crippen LogP contribution in [-0.4, -0.2) is 38.0 Å². The molecule has 6 heteroatoms. The van der Waals surface area contributed by atoms with Crippen LogP contribution >= 0.6 is 11.6 Å². The highest BCUT2D eigenvalue weighted by molar-refractivity contribution is 6.30. The smallest absolute Gasteiger partial charge is 0.274 e. The molecule has 0 saturated carbocycles. The monoisotopic (exact) mass is 366 g/mol. The third-order valence-electron chi connectivity index (χ3n) is 4.73. The first kappa shape index (κ1) is 16.8. The number of rotatable bonds is 2. The molecule has 26 heavy (non-hydrogen) atoms. The molecule has 4 rings (SSSR count). The van der Waals surface area contributed by atoms with E-state index in [1.807, 2.05) is 4.90 Å². The van der Waals surface area contributed by atoms with Crippen molar-refractivity contribution >= 4 is 28.7 Å². The second-order valence-corrected chi connectivity index (χ2v) is 7.15. The molecule has 0 spiro atoms. The van der Waals surface area contributed by atoms with E-state index in [9.17, 15) is 4.79 Å². The highest BCUT2D eigenvalue weighted by Gasteiger charge is 2.27. The minimum Gasteiger partial charge on any atom is -0.330 e. The first-order valence-corrected chi connectivity index (χ1v) is 8.97. The third-order valence-corrected chi connectivity index (χ3v) is 4.93. The van der Waals surface area contributed by atoms with E-state index in [2.05, 4.69) is 54.3 Å². The zero-order chi connectivity index (χ0) is 18.3. The molecule has 0 fully saturated rings. The topological polar surface area (TPSA) is 50.5 Å². The quantitative estimate of drug-likeness (QED) is 0.688. The maximum absolute atomic E-state index is 12.9. The van der Waals surface area contributed by atoms with Crippen LogP contribution in [0.25, 0.3) is 11.2 Å². The van der Waals surface area contributed by atoms with E-state index >= 15 is 0 Å². The van der Waals surface area contributed by atoms with Gasteiger partial charge >= 0.3 is 0 Å². The van der Waals surface area contributed by atoms with E-state index in [1.54, 1.807) is 18.5 Å². The SMILES string of the molecule is Cc1cccc(C2=CCN(C(=O)c3cc4ncc(Cl)cn4n3)C(C)C2)c1. The molecule has 1 atom stereocenters. The van der Waals surface area contributed by atoms with Crippen LogP contribution in [0.2, 0.25) is 5.02 Å². The van der Waals surface area contributed by atoms with Gasteiger partial charge in [-0.25, -0.2) is 9.50 Å². The Balaban J connectivity index is 1.58. The van der Waals surface area contributed by atoms with Crippen LogP contribution < -0.4 is 0 Å². The molecule has 3 aromatic rings. The van der Waals surface area contributed by atoms with E-state index in [-0.39, 0.29) is 11.9 Å². The van der Waals surface area contributed by atoms with Gasteiger partial charge in [0.05, 0.1) is 11.2 Å². The maximum Gasteiger partial charge on any atom is 0.274 e. The molecule has 5 nitrogen and oxygen atoms in total. The van der Waals surface area contributed by atoms with E-state index in [4.69, 9.17) is 11.6 Å². The van der Waals surface area contributed by atoms with Crippen LogP contribution in [0, 0.1) is 6.92 Å². The fourth-order valence-electron chi connectivity index (χ4n) is 3.37. The van der Waals surface area contributed by atoms with Crippen molar-refractivity contribution in [3.8, 4) is 0 Å². The first-order valence-electron chi connectivity index (χ1n) is 8.59. The summed E-state index contributed by atoms with van der Waals surface area (Å²) in [5.41, 5.74) is 4.76. The zero-order valence-corrected chi connectivity index (χ0v) is 15.4. The summed E-state index contributed by atoms with van der Waals surface area (Å²) in [4.78, 5) is 19.0. The van der Waals surface area contributed by atoms with Gasteiger partial charge in [-0.2, -0.15) is 5.10 Å². The normalized spacial score (nSPS) is 17.4. The fraction of sp³-hybridized carbons (Fsp3) is 0.250. The Bertz CT molecular complexity index is 1020. The second kappa shape index (κ2) is 6.57. The molecule has 0 N–H and O–H groups in total. The van der Waals surface area contributed by atoms with Crippen molar-refractivity contribution in [1.29, 1.82) is 0 Å². The predicted molar refractivity (Wildman–Crippen MR) is 102 cm³/mol. The average molecular weight is 367 g/mol. The van der Waals surface area contributed by atoms with Gasteiger partial charge in [0, 0.05) is 24.8 Å². The third kappa shape index (κ3) is 3.10. The number of carbonyl (C=O) groups is 1. The Hall–Kier alpha value is -2.66. The number of hydrogen-bond donors (Lipinski definition) is 0. The summed E-state index contributed by atoms with van der Waals surface area (Å²) in [7, 11) is 0. The minimum absolute atomic E-state index is 0.0846. The molecular weight excluding hydrogens is 348 g/mol. The van der Waals surface area contributed by atoms with Crippen molar-refractivity contribution in [1.82, 2.24) is 19.5 Å². The van der Waals surface area contributed by atoms with Gasteiger partial charge in [-0.15, -0.1) is 0 Å². The summed E-state index contributed by atoms with van der Waals surface area (Å²) < 4.78 is 1.54. The Kier molecular flexibility index (Phi) is 4.24. The minimum atomic E-state index is -0.0846. The number of carbonyl (C=O) groups excluding carboxylic acids is 1. The number of fused-ring (bicyclic) bond motifs is 1. The number of aromatic nitrogens is 3. The van der Waals surface area contributed by atoms with Crippen molar-refractivity contribution in [3.63, 3.8) is 0 Å². The molecule has 1 unspecified atom stereocenters. The number of aryl methyl sites for hydroxylation is 1. The van der Waals surface area contributed by atoms with Crippen LogP contribution in [-0.2, 0) is 0 Å². The number of halogens is 1. The molecule has 1 amide bonds. The Labute approximate surface area is 156 Å². The molecule has 132 valence electrons. The largest absolute Gasteiger partial charge is 0.330 e. The number of hydrogen-bond acceptors (Lipinski definition) is 3. The van der Waals surface area contributed by atoms with Gasteiger partial charge in [0.1, 0.15) is 0 Å². The maximum atomic E-state index is 12.9. The Morgan fingerprint density at radius 2 is 2.15 bits per heavy atom. The lowest BCUT2D eigenvalue weighted by Crippen LogP contribution is -2.41. The van der Waals surface area contributed by atoms with Crippen LogP contribution in [0.1, 0.15) is 35.0 Å². The van der Waals surface area contributed by atoms with Crippen LogP contribution in [0.5, 0.6) is 0 Å². The van der Waals surface area contributed by atoms with Crippen molar-refractivity contribution in [2.24, 2.45) is 0 Å². The lowest BCUT2D eigenvalue weighted by molar-refractivity contribution is 0.0705. The summed E-state index contributed by atoms with van der Waals surface area (Å²) in [5.74, 6) is -0.0846. The molecular formula is C20H19ClN4O. The summed E-state index contributed by atoms with van der Waals surface area (Å²) in [5, 5.41) is 4.81. The number of amides is 1. The fourth-order valence-corrected chi connectivity index (χ4v) is 3.51. The number of nitrogens with zero attached hydrogens (tertiary/aromatic N) is 4. The molecule has 2 aromatic heterocycles. The van der Waals surface area contributed by atoms with Gasteiger partial charge in [0.25, 0.3) is 5.91 Å². The van der Waals surface area contributed by atoms with Gasteiger partial charge in [-0.05, 0) is 31.4 Å². The van der Waals surface area contributed by atoms with E-state index < -0.39 is 0 Å². The predicted octanol–water partition coefficient (Wildman–Crippen LogP) is 4.01. The van der Waals surface area contributed by atoms with Gasteiger partial charge < -0.3 is 4.90 Å². The highest BCUT2D eigenvalue weighted by atomic mass is 35.5. The molecule has 0 bridgehead atoms. The zero-order valence-electron chi connectivity index (χ0n) is 14.7. The second-order valence-electron chi connectivity index (χ2n) is 6.71. The molecule has 0 aliphatic carbocycles. The van der Waals surface area contributed by atoms with Gasteiger partial charge in [0.2, 0.25) is 0 Å². The van der Waals surface area contributed by atoms with Crippen LogP contribution in [0.3, 0.4) is 0 Å². The molecule has 3 heterocycles.